The van der Waals surface area contributed by atoms with E-state index in [9.17, 15) is 0 Å². The van der Waals surface area contributed by atoms with Gasteiger partial charge < -0.3 is 10.3 Å². The van der Waals surface area contributed by atoms with E-state index in [0.717, 1.165) is 5.69 Å². The van der Waals surface area contributed by atoms with Gasteiger partial charge in [-0.3, -0.25) is 4.98 Å². The molecule has 3 N–H and O–H groups in total. The van der Waals surface area contributed by atoms with E-state index in [-0.39, 0.29) is 0 Å². The summed E-state index contributed by atoms with van der Waals surface area (Å²) in [5.41, 5.74) is 7.07. The molecule has 0 aliphatic rings. The van der Waals surface area contributed by atoms with Crippen LogP contribution in [0, 0.1) is 13.8 Å². The lowest BCUT2D eigenvalue weighted by molar-refractivity contribution is 0.872. The zero-order valence-corrected chi connectivity index (χ0v) is 11.5. The summed E-state index contributed by atoms with van der Waals surface area (Å²) >= 11 is 0. The van der Waals surface area contributed by atoms with E-state index in [4.69, 9.17) is 5.84 Å². The third-order valence-corrected chi connectivity index (χ3v) is 2.90. The maximum atomic E-state index is 5.26. The maximum Gasteiger partial charge on any atom is 0.158 e. The van der Waals surface area contributed by atoms with E-state index in [1.807, 2.05) is 7.05 Å². The summed E-state index contributed by atoms with van der Waals surface area (Å²) in [5, 5.41) is 0. The largest absolute Gasteiger partial charge is 0.369 e. The van der Waals surface area contributed by atoms with Crippen molar-refractivity contribution in [3.05, 3.63) is 47.4 Å². The van der Waals surface area contributed by atoms with Gasteiger partial charge in [0.2, 0.25) is 0 Å². The molecule has 0 spiro atoms. The molecule has 2 rings (SSSR count). The average molecular weight is 257 g/mol. The summed E-state index contributed by atoms with van der Waals surface area (Å²) in [6, 6.07) is 6.49. The minimum atomic E-state index is 0.567. The Morgan fingerprint density at radius 1 is 1.11 bits per heavy atom. The molecule has 0 atom stereocenters. The summed E-state index contributed by atoms with van der Waals surface area (Å²) in [4.78, 5) is 10.6. The van der Waals surface area contributed by atoms with Crippen LogP contribution in [-0.4, -0.2) is 17.0 Å². The molecule has 5 heteroatoms. The fourth-order valence-electron chi connectivity index (χ4n) is 2.02. The normalized spacial score (nSPS) is 10.3. The number of nitrogens with one attached hydrogen (secondary N) is 1. The Hall–Kier alpha value is -2.14. The first kappa shape index (κ1) is 13.3. The Balaban J connectivity index is 2.13. The summed E-state index contributed by atoms with van der Waals surface area (Å²) < 4.78 is 0. The highest BCUT2D eigenvalue weighted by atomic mass is 15.3. The lowest BCUT2D eigenvalue weighted by Gasteiger charge is -2.20. The first-order valence-corrected chi connectivity index (χ1v) is 6.15. The van der Waals surface area contributed by atoms with Gasteiger partial charge in [0.05, 0.1) is 24.6 Å². The molecule has 0 unspecified atom stereocenters. The van der Waals surface area contributed by atoms with Gasteiger partial charge in [-0.2, -0.15) is 0 Å². The van der Waals surface area contributed by atoms with Crippen molar-refractivity contribution in [3.63, 3.8) is 0 Å². The number of hydrazine groups is 1. The van der Waals surface area contributed by atoms with Crippen molar-refractivity contribution in [3.8, 4) is 0 Å². The number of anilines is 2. The fraction of sp³-hybridized carbons (Fsp3) is 0.286. The number of aromatic nitrogens is 2. The highest BCUT2D eigenvalue weighted by molar-refractivity contribution is 5.50. The highest BCUT2D eigenvalue weighted by Crippen LogP contribution is 2.18. The molecule has 19 heavy (non-hydrogen) atoms. The fourth-order valence-corrected chi connectivity index (χ4v) is 2.02. The van der Waals surface area contributed by atoms with Gasteiger partial charge in [-0.05, 0) is 37.1 Å². The SMILES string of the molecule is Cc1cc(C)cc(N(C)Cc2cnc(NN)cn2)c1. The summed E-state index contributed by atoms with van der Waals surface area (Å²) in [5.74, 6) is 5.83. The third-order valence-electron chi connectivity index (χ3n) is 2.90. The second-order valence-electron chi connectivity index (χ2n) is 4.74. The Morgan fingerprint density at radius 2 is 1.79 bits per heavy atom. The van der Waals surface area contributed by atoms with Crippen molar-refractivity contribution in [2.24, 2.45) is 5.84 Å². The summed E-state index contributed by atoms with van der Waals surface area (Å²) in [6.07, 6.45) is 3.36. The van der Waals surface area contributed by atoms with Crippen molar-refractivity contribution in [2.45, 2.75) is 20.4 Å². The molecule has 0 bridgehead atoms. The van der Waals surface area contributed by atoms with Crippen LogP contribution in [0.4, 0.5) is 11.5 Å². The summed E-state index contributed by atoms with van der Waals surface area (Å²) in [6.45, 7) is 4.92. The van der Waals surface area contributed by atoms with Gasteiger partial charge in [0.15, 0.2) is 5.82 Å². The third kappa shape index (κ3) is 3.42. The predicted octanol–water partition coefficient (Wildman–Crippen LogP) is 2.02. The van der Waals surface area contributed by atoms with Gasteiger partial charge in [-0.1, -0.05) is 6.07 Å². The molecular formula is C14H19N5. The molecule has 0 aliphatic carbocycles. The van der Waals surface area contributed by atoms with Crippen LogP contribution in [0.5, 0.6) is 0 Å². The molecule has 0 saturated carbocycles. The van der Waals surface area contributed by atoms with Crippen LogP contribution in [0.2, 0.25) is 0 Å². The topological polar surface area (TPSA) is 67.1 Å². The Morgan fingerprint density at radius 3 is 2.32 bits per heavy atom. The molecule has 5 nitrogen and oxygen atoms in total. The van der Waals surface area contributed by atoms with Gasteiger partial charge in [0, 0.05) is 12.7 Å². The predicted molar refractivity (Wildman–Crippen MR) is 77.9 cm³/mol. The van der Waals surface area contributed by atoms with Gasteiger partial charge in [0.25, 0.3) is 0 Å². The Bertz CT molecular complexity index is 530. The molecule has 0 amide bonds. The van der Waals surface area contributed by atoms with Crippen LogP contribution >= 0.6 is 0 Å². The van der Waals surface area contributed by atoms with Gasteiger partial charge in [-0.25, -0.2) is 10.8 Å². The van der Waals surface area contributed by atoms with Crippen LogP contribution in [0.1, 0.15) is 16.8 Å². The van der Waals surface area contributed by atoms with Crippen molar-refractivity contribution in [2.75, 3.05) is 17.4 Å². The molecule has 1 heterocycles. The standard InChI is InChI=1S/C14H19N5/c1-10-4-11(2)6-13(5-10)19(3)9-12-7-17-14(18-15)8-16-12/h4-8H,9,15H2,1-3H3,(H,17,18). The number of nitrogens with zero attached hydrogens (tertiary/aromatic N) is 3. The minimum Gasteiger partial charge on any atom is -0.369 e. The van der Waals surface area contributed by atoms with Gasteiger partial charge in [0.1, 0.15) is 0 Å². The molecule has 2 aromatic rings. The lowest BCUT2D eigenvalue weighted by Crippen LogP contribution is -2.18. The Labute approximate surface area is 113 Å². The van der Waals surface area contributed by atoms with Crippen LogP contribution in [-0.2, 0) is 6.54 Å². The molecule has 100 valence electrons. The number of aryl methyl sites for hydroxylation is 2. The molecule has 1 aromatic carbocycles. The van der Waals surface area contributed by atoms with Gasteiger partial charge in [-0.15, -0.1) is 0 Å². The maximum absolute atomic E-state index is 5.26. The number of nitrogen functional groups attached to an aromatic ring is 1. The number of hydrogen-bond donors (Lipinski definition) is 2. The van der Waals surface area contributed by atoms with E-state index >= 15 is 0 Å². The van der Waals surface area contributed by atoms with Crippen molar-refractivity contribution < 1.29 is 0 Å². The van der Waals surface area contributed by atoms with Crippen molar-refractivity contribution >= 4 is 11.5 Å². The number of benzene rings is 1. The molecule has 1 aromatic heterocycles. The monoisotopic (exact) mass is 257 g/mol. The highest BCUT2D eigenvalue weighted by Gasteiger charge is 2.05. The van der Waals surface area contributed by atoms with E-state index in [0.29, 0.717) is 12.4 Å². The van der Waals surface area contributed by atoms with Gasteiger partial charge >= 0.3 is 0 Å². The van der Waals surface area contributed by atoms with Crippen LogP contribution in [0.15, 0.2) is 30.6 Å². The quantitative estimate of drug-likeness (QED) is 0.648. The molecule has 0 radical (unpaired) electrons. The van der Waals surface area contributed by atoms with E-state index in [2.05, 4.69) is 52.3 Å². The van der Waals surface area contributed by atoms with E-state index in [1.54, 1.807) is 12.4 Å². The lowest BCUT2D eigenvalue weighted by atomic mass is 10.1. The number of hydrogen-bond acceptors (Lipinski definition) is 5. The molecule has 0 saturated heterocycles. The van der Waals surface area contributed by atoms with Crippen molar-refractivity contribution in [1.82, 2.24) is 9.97 Å². The van der Waals surface area contributed by atoms with Crippen LogP contribution < -0.4 is 16.2 Å². The van der Waals surface area contributed by atoms with Crippen molar-refractivity contribution in [1.29, 1.82) is 0 Å². The smallest absolute Gasteiger partial charge is 0.158 e. The van der Waals surface area contributed by atoms with Crippen LogP contribution in [0.3, 0.4) is 0 Å². The summed E-state index contributed by atoms with van der Waals surface area (Å²) in [7, 11) is 2.05. The number of rotatable bonds is 4. The zero-order chi connectivity index (χ0) is 13.8. The molecule has 0 fully saturated rings. The second kappa shape index (κ2) is 5.67. The van der Waals surface area contributed by atoms with Crippen LogP contribution in [0.25, 0.3) is 0 Å². The number of nitrogens with two attached hydrogens (primary N) is 1. The van der Waals surface area contributed by atoms with E-state index < -0.39 is 0 Å². The molecule has 0 aliphatic heterocycles. The Kier molecular flexibility index (Phi) is 3.97. The second-order valence-corrected chi connectivity index (χ2v) is 4.74. The first-order chi connectivity index (χ1) is 9.08. The minimum absolute atomic E-state index is 0.567. The average Bonchev–Trinajstić information content (AvgIpc) is 2.38. The van der Waals surface area contributed by atoms with E-state index in [1.165, 1.54) is 16.8 Å². The molecular weight excluding hydrogens is 238 g/mol. The first-order valence-electron chi connectivity index (χ1n) is 6.15. The zero-order valence-electron chi connectivity index (χ0n) is 11.5.